The van der Waals surface area contributed by atoms with Crippen LogP contribution < -0.4 is 5.73 Å². The second-order valence-corrected chi connectivity index (χ2v) is 5.98. The second-order valence-electron chi connectivity index (χ2n) is 5.98. The molecule has 1 amide bonds. The summed E-state index contributed by atoms with van der Waals surface area (Å²) in [5, 5.41) is 9.08. The van der Waals surface area contributed by atoms with Gasteiger partial charge in [-0.3, -0.25) is 4.79 Å². The van der Waals surface area contributed by atoms with E-state index in [1.807, 2.05) is 54.6 Å². The van der Waals surface area contributed by atoms with Crippen LogP contribution >= 0.6 is 0 Å². The lowest BCUT2D eigenvalue weighted by Gasteiger charge is -2.28. The molecular weight excluding hydrogens is 318 g/mol. The van der Waals surface area contributed by atoms with Crippen molar-refractivity contribution < 1.29 is 19.4 Å². The summed E-state index contributed by atoms with van der Waals surface area (Å²) >= 11 is 0. The van der Waals surface area contributed by atoms with Crippen molar-refractivity contribution in [3.05, 3.63) is 83.1 Å². The lowest BCUT2D eigenvalue weighted by molar-refractivity contribution is -0.148. The first-order valence-electron chi connectivity index (χ1n) is 8.19. The molecule has 0 unspecified atom stereocenters. The average molecular weight is 339 g/mol. The van der Waals surface area contributed by atoms with Crippen LogP contribution in [0.25, 0.3) is 0 Å². The zero-order chi connectivity index (χ0) is 17.6. The van der Waals surface area contributed by atoms with Crippen LogP contribution in [0.5, 0.6) is 0 Å². The first kappa shape index (κ1) is 17.2. The molecule has 3 N–H and O–H groups in total. The van der Waals surface area contributed by atoms with Gasteiger partial charge in [0.05, 0.1) is 13.2 Å². The number of aliphatic hydroxyl groups is 1. The minimum absolute atomic E-state index is 0.0123. The Labute approximate surface area is 146 Å². The quantitative estimate of drug-likeness (QED) is 0.847. The molecule has 3 rings (SSSR count). The van der Waals surface area contributed by atoms with E-state index < -0.39 is 12.2 Å². The number of amides is 1. The lowest BCUT2D eigenvalue weighted by Crippen LogP contribution is -2.29. The standard InChI is InChI=1S/C20H21NO4/c21-20(23)18-10-17(16-4-2-1-3-5-16)11-19(25-18)24-13-15-8-6-14(12-22)7-9-15/h1-10,17,19,22H,11-13H2,(H2,21,23)/t17-,19+/m1/s1. The van der Waals surface area contributed by atoms with Gasteiger partial charge in [0.25, 0.3) is 5.91 Å². The molecule has 2 aromatic rings. The van der Waals surface area contributed by atoms with Crippen molar-refractivity contribution in [2.45, 2.75) is 31.8 Å². The van der Waals surface area contributed by atoms with E-state index in [0.29, 0.717) is 13.0 Å². The third-order valence-corrected chi connectivity index (χ3v) is 4.17. The van der Waals surface area contributed by atoms with E-state index in [1.165, 1.54) is 0 Å². The minimum Gasteiger partial charge on any atom is -0.459 e. The van der Waals surface area contributed by atoms with Crippen LogP contribution in [0.3, 0.4) is 0 Å². The molecule has 0 fully saturated rings. The van der Waals surface area contributed by atoms with Crippen LogP contribution in [0, 0.1) is 0 Å². The molecule has 0 aliphatic carbocycles. The highest BCUT2D eigenvalue weighted by Gasteiger charge is 2.27. The Hall–Kier alpha value is -2.63. The highest BCUT2D eigenvalue weighted by atomic mass is 16.7. The Morgan fingerprint density at radius 3 is 2.44 bits per heavy atom. The molecular formula is C20H21NO4. The Bertz CT molecular complexity index is 740. The molecule has 1 heterocycles. The monoisotopic (exact) mass is 339 g/mol. The van der Waals surface area contributed by atoms with Crippen LogP contribution in [-0.4, -0.2) is 17.3 Å². The molecule has 2 aromatic carbocycles. The topological polar surface area (TPSA) is 81.8 Å². The fraction of sp³-hybridized carbons (Fsp3) is 0.250. The van der Waals surface area contributed by atoms with Crippen molar-refractivity contribution in [3.8, 4) is 0 Å². The van der Waals surface area contributed by atoms with Gasteiger partial charge in [0.2, 0.25) is 6.29 Å². The molecule has 0 spiro atoms. The third kappa shape index (κ3) is 4.47. The van der Waals surface area contributed by atoms with E-state index in [-0.39, 0.29) is 18.3 Å². The number of allylic oxidation sites excluding steroid dienone is 1. The lowest BCUT2D eigenvalue weighted by atomic mass is 9.93. The number of carbonyl (C=O) groups is 1. The van der Waals surface area contributed by atoms with Crippen LogP contribution in [-0.2, 0) is 27.5 Å². The summed E-state index contributed by atoms with van der Waals surface area (Å²) < 4.78 is 11.4. The van der Waals surface area contributed by atoms with E-state index >= 15 is 0 Å². The Morgan fingerprint density at radius 1 is 1.12 bits per heavy atom. The molecule has 1 aliphatic heterocycles. The van der Waals surface area contributed by atoms with Crippen molar-refractivity contribution in [2.75, 3.05) is 0 Å². The number of benzene rings is 2. The molecule has 0 bridgehead atoms. The molecule has 130 valence electrons. The summed E-state index contributed by atoms with van der Waals surface area (Å²) in [6.45, 7) is 0.363. The third-order valence-electron chi connectivity index (χ3n) is 4.17. The maximum absolute atomic E-state index is 11.6. The van der Waals surface area contributed by atoms with Gasteiger partial charge in [-0.1, -0.05) is 54.6 Å². The van der Waals surface area contributed by atoms with E-state index in [9.17, 15) is 4.79 Å². The Balaban J connectivity index is 1.69. The van der Waals surface area contributed by atoms with E-state index in [4.69, 9.17) is 20.3 Å². The Kier molecular flexibility index (Phi) is 5.48. The maximum Gasteiger partial charge on any atom is 0.283 e. The molecule has 0 saturated carbocycles. The molecule has 5 nitrogen and oxygen atoms in total. The SMILES string of the molecule is NC(=O)C1=C[C@@H](c2ccccc2)C[C@@H](OCc2ccc(CO)cc2)O1. The van der Waals surface area contributed by atoms with Crippen LogP contribution in [0.15, 0.2) is 66.4 Å². The van der Waals surface area contributed by atoms with Crippen molar-refractivity contribution >= 4 is 5.91 Å². The summed E-state index contributed by atoms with van der Waals surface area (Å²) in [4.78, 5) is 11.6. The number of nitrogens with two attached hydrogens (primary N) is 1. The van der Waals surface area contributed by atoms with Crippen LogP contribution in [0.4, 0.5) is 0 Å². The van der Waals surface area contributed by atoms with Crippen LogP contribution in [0.1, 0.15) is 29.0 Å². The highest BCUT2D eigenvalue weighted by Crippen LogP contribution is 2.31. The average Bonchev–Trinajstić information content (AvgIpc) is 2.67. The number of ether oxygens (including phenoxy) is 2. The molecule has 5 heteroatoms. The molecule has 0 radical (unpaired) electrons. The zero-order valence-electron chi connectivity index (χ0n) is 13.8. The van der Waals surface area contributed by atoms with Gasteiger partial charge >= 0.3 is 0 Å². The van der Waals surface area contributed by atoms with Gasteiger partial charge in [-0.2, -0.15) is 0 Å². The van der Waals surface area contributed by atoms with Crippen LogP contribution in [0.2, 0.25) is 0 Å². The maximum atomic E-state index is 11.6. The number of carbonyl (C=O) groups excluding carboxylic acids is 1. The zero-order valence-corrected chi connectivity index (χ0v) is 13.8. The fourth-order valence-corrected chi connectivity index (χ4v) is 2.79. The van der Waals surface area contributed by atoms with E-state index in [1.54, 1.807) is 6.08 Å². The van der Waals surface area contributed by atoms with Crippen molar-refractivity contribution in [1.29, 1.82) is 0 Å². The van der Waals surface area contributed by atoms with E-state index in [0.717, 1.165) is 16.7 Å². The molecule has 2 atom stereocenters. The number of rotatable bonds is 6. The first-order chi connectivity index (χ1) is 12.2. The summed E-state index contributed by atoms with van der Waals surface area (Å²) in [5.74, 6) is -0.443. The number of hydrogen-bond acceptors (Lipinski definition) is 4. The summed E-state index contributed by atoms with van der Waals surface area (Å²) in [5.41, 5.74) is 8.30. The van der Waals surface area contributed by atoms with Gasteiger partial charge < -0.3 is 20.3 Å². The highest BCUT2D eigenvalue weighted by molar-refractivity contribution is 5.90. The summed E-state index contributed by atoms with van der Waals surface area (Å²) in [6.07, 6.45) is 1.82. The van der Waals surface area contributed by atoms with Gasteiger partial charge in [0.15, 0.2) is 5.76 Å². The molecule has 25 heavy (non-hydrogen) atoms. The summed E-state index contributed by atoms with van der Waals surface area (Å²) in [7, 11) is 0. The Morgan fingerprint density at radius 2 is 1.80 bits per heavy atom. The van der Waals surface area contributed by atoms with Gasteiger partial charge in [-0.15, -0.1) is 0 Å². The van der Waals surface area contributed by atoms with Gasteiger partial charge in [0.1, 0.15) is 0 Å². The minimum atomic E-state index is -0.596. The van der Waals surface area contributed by atoms with Gasteiger partial charge in [-0.05, 0) is 22.8 Å². The first-order valence-corrected chi connectivity index (χ1v) is 8.19. The molecule has 0 aromatic heterocycles. The van der Waals surface area contributed by atoms with Crippen molar-refractivity contribution in [3.63, 3.8) is 0 Å². The van der Waals surface area contributed by atoms with Gasteiger partial charge in [0, 0.05) is 12.3 Å². The van der Waals surface area contributed by atoms with Crippen molar-refractivity contribution in [2.24, 2.45) is 5.73 Å². The predicted molar refractivity (Wildman–Crippen MR) is 93.1 cm³/mol. The van der Waals surface area contributed by atoms with E-state index in [2.05, 4.69) is 0 Å². The summed E-state index contributed by atoms with van der Waals surface area (Å²) in [6, 6.07) is 17.4. The molecule has 1 aliphatic rings. The smallest absolute Gasteiger partial charge is 0.283 e. The largest absolute Gasteiger partial charge is 0.459 e. The number of hydrogen-bond donors (Lipinski definition) is 2. The fourth-order valence-electron chi connectivity index (χ4n) is 2.79. The predicted octanol–water partition coefficient (Wildman–Crippen LogP) is 2.59. The van der Waals surface area contributed by atoms with Gasteiger partial charge in [-0.25, -0.2) is 0 Å². The number of aliphatic hydroxyl groups excluding tert-OH is 1. The number of primary amides is 1. The molecule has 0 saturated heterocycles. The van der Waals surface area contributed by atoms with Crippen molar-refractivity contribution in [1.82, 2.24) is 0 Å². The second kappa shape index (κ2) is 7.96. The normalized spacial score (nSPS) is 19.8.